The zero-order valence-electron chi connectivity index (χ0n) is 36.6. The molecule has 0 saturated carbocycles. The Bertz CT molecular complexity index is 3320. The first kappa shape index (κ1) is 37.7. The number of rotatable bonds is 6. The van der Waals surface area contributed by atoms with Crippen molar-refractivity contribution in [2.45, 2.75) is 55.4 Å². The van der Waals surface area contributed by atoms with Crippen LogP contribution in [-0.4, -0.2) is 0 Å². The first-order valence-electron chi connectivity index (χ1n) is 21.6. The molecule has 2 heterocycles. The molecule has 4 heteroatoms. The van der Waals surface area contributed by atoms with E-state index in [1.165, 1.54) is 44.5 Å². The van der Waals surface area contributed by atoms with Gasteiger partial charge in [0.15, 0.2) is 0 Å². The fourth-order valence-electron chi connectivity index (χ4n) is 9.44. The maximum atomic E-state index is 6.70. The van der Waals surface area contributed by atoms with Crippen molar-refractivity contribution in [1.82, 2.24) is 0 Å². The van der Waals surface area contributed by atoms with Crippen LogP contribution in [0.5, 0.6) is 0 Å². The maximum Gasteiger partial charge on any atom is 0.136 e. The number of benzene rings is 9. The van der Waals surface area contributed by atoms with Crippen LogP contribution in [0.3, 0.4) is 0 Å². The smallest absolute Gasteiger partial charge is 0.136 e. The van der Waals surface area contributed by atoms with E-state index < -0.39 is 0 Å². The highest BCUT2D eigenvalue weighted by atomic mass is 16.3. The first-order valence-corrected chi connectivity index (χ1v) is 21.6. The van der Waals surface area contributed by atoms with Crippen molar-refractivity contribution in [3.05, 3.63) is 190 Å². The van der Waals surface area contributed by atoms with Crippen molar-refractivity contribution in [2.75, 3.05) is 9.80 Å². The van der Waals surface area contributed by atoms with E-state index >= 15 is 0 Å². The fraction of sp³-hybridized carbons (Fsp3) is 0.138. The number of fused-ring (bicyclic) bond motifs is 9. The molecule has 0 bridgehead atoms. The van der Waals surface area contributed by atoms with Gasteiger partial charge in [-0.25, -0.2) is 0 Å². The van der Waals surface area contributed by atoms with Gasteiger partial charge < -0.3 is 18.6 Å². The highest BCUT2D eigenvalue weighted by Crippen LogP contribution is 2.45. The minimum Gasteiger partial charge on any atom is -0.456 e. The number of anilines is 6. The van der Waals surface area contributed by atoms with Crippen molar-refractivity contribution in [1.29, 1.82) is 0 Å². The van der Waals surface area contributed by atoms with Gasteiger partial charge in [0.2, 0.25) is 0 Å². The Hall–Kier alpha value is -7.30. The summed E-state index contributed by atoms with van der Waals surface area (Å²) in [6, 6.07) is 53.4. The molecule has 0 aliphatic rings. The summed E-state index contributed by atoms with van der Waals surface area (Å²) in [5.41, 5.74) is 20.4. The normalized spacial score (nSPS) is 11.9. The molecule has 0 saturated heterocycles. The van der Waals surface area contributed by atoms with Crippen molar-refractivity contribution < 1.29 is 8.83 Å². The average Bonchev–Trinajstić information content (AvgIpc) is 3.81. The Morgan fingerprint density at radius 1 is 0.290 bits per heavy atom. The first-order chi connectivity index (χ1) is 30.0. The highest BCUT2D eigenvalue weighted by molar-refractivity contribution is 6.28. The summed E-state index contributed by atoms with van der Waals surface area (Å²) in [5.74, 6) is 0. The minimum absolute atomic E-state index is 0.852. The average molecular weight is 805 g/mol. The molecule has 2 aromatic heterocycles. The second-order valence-corrected chi connectivity index (χ2v) is 17.5. The van der Waals surface area contributed by atoms with Crippen LogP contribution in [0.15, 0.2) is 154 Å². The van der Waals surface area contributed by atoms with Crippen LogP contribution in [0.2, 0.25) is 0 Å². The predicted molar refractivity (Wildman–Crippen MR) is 263 cm³/mol. The number of hydrogen-bond acceptors (Lipinski definition) is 4. The number of furan rings is 2. The highest BCUT2D eigenvalue weighted by Gasteiger charge is 2.21. The number of nitrogens with zero attached hydrogens (tertiary/aromatic N) is 2. The largest absolute Gasteiger partial charge is 0.456 e. The molecule has 0 aliphatic carbocycles. The lowest BCUT2D eigenvalue weighted by Crippen LogP contribution is -2.11. The monoisotopic (exact) mass is 804 g/mol. The van der Waals surface area contributed by atoms with Crippen LogP contribution < -0.4 is 9.80 Å². The van der Waals surface area contributed by atoms with Crippen LogP contribution >= 0.6 is 0 Å². The topological polar surface area (TPSA) is 32.8 Å². The van der Waals surface area contributed by atoms with Crippen molar-refractivity contribution in [3.8, 4) is 0 Å². The van der Waals surface area contributed by atoms with Gasteiger partial charge in [-0.1, -0.05) is 47.5 Å². The molecule has 0 atom stereocenters. The van der Waals surface area contributed by atoms with E-state index in [2.05, 4.69) is 211 Å². The summed E-state index contributed by atoms with van der Waals surface area (Å²) < 4.78 is 13.4. The zero-order chi connectivity index (χ0) is 42.6. The van der Waals surface area contributed by atoms with Crippen molar-refractivity contribution in [2.24, 2.45) is 0 Å². The fourth-order valence-corrected chi connectivity index (χ4v) is 9.44. The molecule has 0 aliphatic heterocycles. The second-order valence-electron chi connectivity index (χ2n) is 17.5. The van der Waals surface area contributed by atoms with E-state index in [-0.39, 0.29) is 0 Å². The zero-order valence-corrected chi connectivity index (χ0v) is 36.6. The molecule has 0 radical (unpaired) electrons. The van der Waals surface area contributed by atoms with Gasteiger partial charge >= 0.3 is 0 Å². The van der Waals surface area contributed by atoms with Crippen LogP contribution in [-0.2, 0) is 0 Å². The standard InChI is InChI=1S/C58H48N2O2/c1-33-9-15-45(16-10-33)59(49-23-35(3)39(7)36(4)24-49)47-19-13-41-29-51-55(31-43(41)27-47)61-53-21-22-54-58(57(51)53)52-30-42-14-20-48(28-44(42)32-56(52)62-54)60(46-17-11-34(2)12-18-46)50-25-37(5)40(8)38(6)26-50/h9-32H,1-8H3. The Morgan fingerprint density at radius 2 is 0.645 bits per heavy atom. The molecular weight excluding hydrogens is 757 g/mol. The van der Waals surface area contributed by atoms with Crippen LogP contribution in [0, 0.1) is 55.4 Å². The molecule has 4 nitrogen and oxygen atoms in total. The minimum atomic E-state index is 0.852. The molecule has 302 valence electrons. The van der Waals surface area contributed by atoms with E-state index in [0.717, 1.165) is 99.5 Å². The Kier molecular flexibility index (Phi) is 8.59. The van der Waals surface area contributed by atoms with Gasteiger partial charge in [-0.2, -0.15) is 0 Å². The third-order valence-corrected chi connectivity index (χ3v) is 13.4. The maximum absolute atomic E-state index is 6.70. The van der Waals surface area contributed by atoms with Gasteiger partial charge in [0.05, 0.1) is 0 Å². The Balaban J connectivity index is 1.04. The lowest BCUT2D eigenvalue weighted by atomic mass is 9.99. The van der Waals surface area contributed by atoms with Crippen LogP contribution in [0.25, 0.3) is 65.4 Å². The van der Waals surface area contributed by atoms with Crippen molar-refractivity contribution >= 4 is 99.5 Å². The Morgan fingerprint density at radius 3 is 1.02 bits per heavy atom. The molecule has 0 N–H and O–H groups in total. The molecule has 9 aromatic carbocycles. The van der Waals surface area contributed by atoms with E-state index in [4.69, 9.17) is 8.83 Å². The number of hydrogen-bond donors (Lipinski definition) is 0. The van der Waals surface area contributed by atoms with E-state index in [1.54, 1.807) is 0 Å². The van der Waals surface area contributed by atoms with Gasteiger partial charge in [0, 0.05) is 55.7 Å². The molecule has 0 unspecified atom stereocenters. The molecule has 0 spiro atoms. The molecular formula is C58H48N2O2. The second kappa shape index (κ2) is 14.1. The predicted octanol–water partition coefficient (Wildman–Crippen LogP) is 17.2. The van der Waals surface area contributed by atoms with Crippen LogP contribution in [0.1, 0.15) is 44.5 Å². The van der Waals surface area contributed by atoms with Gasteiger partial charge in [0.25, 0.3) is 0 Å². The third-order valence-electron chi connectivity index (χ3n) is 13.4. The molecule has 0 amide bonds. The number of aryl methyl sites for hydroxylation is 6. The van der Waals surface area contributed by atoms with E-state index in [1.807, 2.05) is 0 Å². The van der Waals surface area contributed by atoms with E-state index in [9.17, 15) is 0 Å². The summed E-state index contributed by atoms with van der Waals surface area (Å²) in [7, 11) is 0. The summed E-state index contributed by atoms with van der Waals surface area (Å²) >= 11 is 0. The summed E-state index contributed by atoms with van der Waals surface area (Å²) in [6.07, 6.45) is 0. The van der Waals surface area contributed by atoms with Gasteiger partial charge in [0.1, 0.15) is 22.3 Å². The quantitative estimate of drug-likeness (QED) is 0.168. The van der Waals surface area contributed by atoms with E-state index in [0.29, 0.717) is 0 Å². The summed E-state index contributed by atoms with van der Waals surface area (Å²) in [5, 5.41) is 8.90. The van der Waals surface area contributed by atoms with Gasteiger partial charge in [-0.15, -0.1) is 0 Å². The van der Waals surface area contributed by atoms with Crippen molar-refractivity contribution in [3.63, 3.8) is 0 Å². The lowest BCUT2D eigenvalue weighted by Gasteiger charge is -2.27. The molecule has 62 heavy (non-hydrogen) atoms. The molecule has 0 fully saturated rings. The summed E-state index contributed by atoms with van der Waals surface area (Å²) in [6.45, 7) is 17.5. The van der Waals surface area contributed by atoms with Crippen LogP contribution in [0.4, 0.5) is 34.1 Å². The van der Waals surface area contributed by atoms with Gasteiger partial charge in [-0.05, 0) is 220 Å². The summed E-state index contributed by atoms with van der Waals surface area (Å²) in [4.78, 5) is 4.72. The third kappa shape index (κ3) is 6.12. The molecule has 11 aromatic rings. The Labute approximate surface area is 362 Å². The lowest BCUT2D eigenvalue weighted by molar-refractivity contribution is 0.663. The molecule has 11 rings (SSSR count). The van der Waals surface area contributed by atoms with Gasteiger partial charge in [-0.3, -0.25) is 0 Å². The SMILES string of the molecule is Cc1ccc(N(c2cc(C)c(C)c(C)c2)c2ccc3cc4c(cc3c2)oc2ccc3oc5cc6cc(N(c7ccc(C)cc7)c7cc(C)c(C)c(C)c7)ccc6cc5c3c24)cc1.